The number of amides is 2. The van der Waals surface area contributed by atoms with Gasteiger partial charge in [-0.05, 0) is 49.4 Å². The number of thioether (sulfide) groups is 1. The topological polar surface area (TPSA) is 63.1 Å². The number of nitrogens with zero attached hydrogens (tertiary/aromatic N) is 1. The van der Waals surface area contributed by atoms with Crippen molar-refractivity contribution < 1.29 is 9.59 Å². The van der Waals surface area contributed by atoms with E-state index in [1.54, 1.807) is 12.1 Å². The van der Waals surface area contributed by atoms with Gasteiger partial charge in [0, 0.05) is 44.5 Å². The molecular formula is C23H19N3O2S. The summed E-state index contributed by atoms with van der Waals surface area (Å²) in [5, 5.41) is 8.12. The predicted molar refractivity (Wildman–Crippen MR) is 119 cm³/mol. The summed E-state index contributed by atoms with van der Waals surface area (Å²) >= 11 is 1.48. The van der Waals surface area contributed by atoms with E-state index in [4.69, 9.17) is 0 Å². The molecule has 0 radical (unpaired) electrons. The van der Waals surface area contributed by atoms with Gasteiger partial charge < -0.3 is 15.2 Å². The molecule has 0 atom stereocenters. The molecular weight excluding hydrogens is 382 g/mol. The lowest BCUT2D eigenvalue weighted by Gasteiger charge is -2.17. The second-order valence-electron chi connectivity index (χ2n) is 7.00. The molecule has 0 fully saturated rings. The summed E-state index contributed by atoms with van der Waals surface area (Å²) in [6.45, 7) is 3.02. The summed E-state index contributed by atoms with van der Waals surface area (Å²) in [4.78, 5) is 25.4. The number of fused-ring (bicyclic) bond motifs is 4. The lowest BCUT2D eigenvalue weighted by Crippen LogP contribution is -2.19. The number of aryl methyl sites for hydroxylation is 1. The molecule has 1 aliphatic rings. The molecule has 1 aromatic heterocycles. The Morgan fingerprint density at radius 3 is 2.76 bits per heavy atom. The fourth-order valence-electron chi connectivity index (χ4n) is 3.90. The summed E-state index contributed by atoms with van der Waals surface area (Å²) in [5.41, 5.74) is 4.30. The molecule has 1 aliphatic heterocycles. The Labute approximate surface area is 172 Å². The maximum atomic E-state index is 12.8. The Hall–Kier alpha value is -3.25. The second-order valence-corrected chi connectivity index (χ2v) is 8.01. The van der Waals surface area contributed by atoms with Gasteiger partial charge in [0.15, 0.2) is 0 Å². The Kier molecular flexibility index (Phi) is 4.28. The zero-order valence-electron chi connectivity index (χ0n) is 15.9. The van der Waals surface area contributed by atoms with Crippen molar-refractivity contribution in [2.24, 2.45) is 0 Å². The van der Waals surface area contributed by atoms with Crippen LogP contribution in [0, 0.1) is 0 Å². The standard InChI is InChI=1S/C23H19N3O2S/c1-2-26-19-6-4-3-5-16(19)17-12-15(8-9-20(17)26)24-23(28)14-7-10-21-18(11-14)25-22(27)13-29-21/h3-12H,2,13H2,1H3,(H,24,28)(H,25,27). The first kappa shape index (κ1) is 17.8. The normalized spacial score (nSPS) is 13.3. The summed E-state index contributed by atoms with van der Waals surface area (Å²) in [5.74, 6) is 0.165. The number of hydrogen-bond donors (Lipinski definition) is 2. The molecule has 29 heavy (non-hydrogen) atoms. The maximum Gasteiger partial charge on any atom is 0.255 e. The van der Waals surface area contributed by atoms with Gasteiger partial charge in [-0.3, -0.25) is 9.59 Å². The average molecular weight is 401 g/mol. The van der Waals surface area contributed by atoms with E-state index in [0.717, 1.165) is 28.0 Å². The highest BCUT2D eigenvalue weighted by atomic mass is 32.2. The van der Waals surface area contributed by atoms with E-state index < -0.39 is 0 Å². The number of nitrogens with one attached hydrogen (secondary N) is 2. The first-order chi connectivity index (χ1) is 14.1. The van der Waals surface area contributed by atoms with Crippen molar-refractivity contribution in [3.63, 3.8) is 0 Å². The van der Waals surface area contributed by atoms with Gasteiger partial charge in [-0.2, -0.15) is 0 Å². The van der Waals surface area contributed by atoms with Gasteiger partial charge >= 0.3 is 0 Å². The van der Waals surface area contributed by atoms with Gasteiger partial charge in [0.05, 0.1) is 11.4 Å². The van der Waals surface area contributed by atoms with E-state index in [-0.39, 0.29) is 11.8 Å². The Balaban J connectivity index is 1.49. The van der Waals surface area contributed by atoms with Crippen LogP contribution in [0.1, 0.15) is 17.3 Å². The third-order valence-corrected chi connectivity index (χ3v) is 6.29. The van der Waals surface area contributed by atoms with Gasteiger partial charge in [-0.25, -0.2) is 0 Å². The molecule has 5 rings (SSSR count). The second kappa shape index (κ2) is 6.97. The molecule has 0 aliphatic carbocycles. The van der Waals surface area contributed by atoms with Crippen molar-refractivity contribution in [2.75, 3.05) is 16.4 Å². The third-order valence-electron chi connectivity index (χ3n) is 5.22. The predicted octanol–water partition coefficient (Wildman–Crippen LogP) is 5.11. The smallest absolute Gasteiger partial charge is 0.255 e. The van der Waals surface area contributed by atoms with E-state index in [1.165, 1.54) is 22.7 Å². The molecule has 5 nitrogen and oxygen atoms in total. The third kappa shape index (κ3) is 3.06. The van der Waals surface area contributed by atoms with Crippen LogP contribution in [0.3, 0.4) is 0 Å². The van der Waals surface area contributed by atoms with E-state index >= 15 is 0 Å². The van der Waals surface area contributed by atoms with Crippen LogP contribution < -0.4 is 10.6 Å². The van der Waals surface area contributed by atoms with Crippen LogP contribution >= 0.6 is 11.8 Å². The minimum absolute atomic E-state index is 0.0437. The van der Waals surface area contributed by atoms with Gasteiger partial charge in [0.2, 0.25) is 5.91 Å². The number of carbonyl (C=O) groups excluding carboxylic acids is 2. The molecule has 6 heteroatoms. The van der Waals surface area contributed by atoms with Crippen LogP contribution in [0.4, 0.5) is 11.4 Å². The summed E-state index contributed by atoms with van der Waals surface area (Å²) < 4.78 is 2.28. The molecule has 2 heterocycles. The highest BCUT2D eigenvalue weighted by molar-refractivity contribution is 8.00. The monoisotopic (exact) mass is 401 g/mol. The SMILES string of the molecule is CCn1c2ccccc2c2cc(NC(=O)c3ccc4c(c3)NC(=O)CS4)ccc21. The maximum absolute atomic E-state index is 12.8. The van der Waals surface area contributed by atoms with E-state index in [2.05, 4.69) is 40.3 Å². The van der Waals surface area contributed by atoms with Crippen LogP contribution in [-0.4, -0.2) is 22.1 Å². The molecule has 144 valence electrons. The number of anilines is 2. The summed E-state index contributed by atoms with van der Waals surface area (Å²) in [6.07, 6.45) is 0. The van der Waals surface area contributed by atoms with Gasteiger partial charge in [-0.1, -0.05) is 18.2 Å². The first-order valence-corrected chi connectivity index (χ1v) is 10.5. The number of hydrogen-bond acceptors (Lipinski definition) is 3. The van der Waals surface area contributed by atoms with Gasteiger partial charge in [0.1, 0.15) is 0 Å². The molecule has 2 N–H and O–H groups in total. The molecule has 0 spiro atoms. The number of rotatable bonds is 3. The first-order valence-electron chi connectivity index (χ1n) is 9.53. The largest absolute Gasteiger partial charge is 0.341 e. The van der Waals surface area contributed by atoms with Crippen LogP contribution in [0.2, 0.25) is 0 Å². The van der Waals surface area contributed by atoms with Crippen molar-refractivity contribution in [3.8, 4) is 0 Å². The summed E-state index contributed by atoms with van der Waals surface area (Å²) in [6, 6.07) is 19.7. The zero-order valence-corrected chi connectivity index (χ0v) is 16.7. The number of aromatic nitrogens is 1. The van der Waals surface area contributed by atoms with Crippen LogP contribution in [-0.2, 0) is 11.3 Å². The number of para-hydroxylation sites is 1. The number of benzene rings is 3. The van der Waals surface area contributed by atoms with Crippen LogP contribution in [0.25, 0.3) is 21.8 Å². The lowest BCUT2D eigenvalue weighted by atomic mass is 10.1. The highest BCUT2D eigenvalue weighted by Gasteiger charge is 2.18. The fraction of sp³-hybridized carbons (Fsp3) is 0.130. The van der Waals surface area contributed by atoms with Crippen LogP contribution in [0.5, 0.6) is 0 Å². The van der Waals surface area contributed by atoms with Crippen molar-refractivity contribution in [2.45, 2.75) is 18.4 Å². The van der Waals surface area contributed by atoms with E-state index in [1.807, 2.05) is 30.3 Å². The van der Waals surface area contributed by atoms with Crippen molar-refractivity contribution in [1.29, 1.82) is 0 Å². The van der Waals surface area contributed by atoms with Crippen molar-refractivity contribution in [3.05, 3.63) is 66.2 Å². The molecule has 0 saturated heterocycles. The molecule has 0 unspecified atom stereocenters. The fourth-order valence-corrected chi connectivity index (χ4v) is 4.69. The van der Waals surface area contributed by atoms with Gasteiger partial charge in [-0.15, -0.1) is 11.8 Å². The van der Waals surface area contributed by atoms with Crippen LogP contribution in [0.15, 0.2) is 65.6 Å². The van der Waals surface area contributed by atoms with Crippen molar-refractivity contribution in [1.82, 2.24) is 4.57 Å². The zero-order chi connectivity index (χ0) is 20.0. The molecule has 3 aromatic carbocycles. The lowest BCUT2D eigenvalue weighted by molar-refractivity contribution is -0.113. The Morgan fingerprint density at radius 2 is 1.90 bits per heavy atom. The minimum Gasteiger partial charge on any atom is -0.341 e. The summed E-state index contributed by atoms with van der Waals surface area (Å²) in [7, 11) is 0. The molecule has 4 aromatic rings. The minimum atomic E-state index is -0.198. The van der Waals surface area contributed by atoms with Gasteiger partial charge in [0.25, 0.3) is 5.91 Å². The number of carbonyl (C=O) groups is 2. The Bertz CT molecular complexity index is 1290. The average Bonchev–Trinajstić information content (AvgIpc) is 3.06. The Morgan fingerprint density at radius 1 is 1.07 bits per heavy atom. The van der Waals surface area contributed by atoms with Crippen molar-refractivity contribution >= 4 is 56.8 Å². The van der Waals surface area contributed by atoms with E-state index in [0.29, 0.717) is 17.0 Å². The highest BCUT2D eigenvalue weighted by Crippen LogP contribution is 2.33. The molecule has 0 bridgehead atoms. The molecule has 2 amide bonds. The quantitative estimate of drug-likeness (QED) is 0.501. The van der Waals surface area contributed by atoms with E-state index in [9.17, 15) is 9.59 Å². The molecule has 0 saturated carbocycles.